The van der Waals surface area contributed by atoms with Crippen molar-refractivity contribution >= 4 is 11.6 Å². The van der Waals surface area contributed by atoms with Crippen LogP contribution in [0.15, 0.2) is 10.6 Å². The molecule has 0 amide bonds. The second-order valence-electron chi connectivity index (χ2n) is 1.98. The highest BCUT2D eigenvalue weighted by Crippen LogP contribution is 2.08. The second kappa shape index (κ2) is 3.58. The number of hydrogen-bond donors (Lipinski definition) is 1. The predicted molar refractivity (Wildman–Crippen MR) is 39.1 cm³/mol. The van der Waals surface area contributed by atoms with Crippen molar-refractivity contribution < 1.29 is 4.52 Å². The Balaban J connectivity index is 2.42. The maximum Gasteiger partial charge on any atom is 0.226 e. The van der Waals surface area contributed by atoms with Gasteiger partial charge in [-0.1, -0.05) is 5.16 Å². The van der Waals surface area contributed by atoms with E-state index in [2.05, 4.69) is 15.0 Å². The van der Waals surface area contributed by atoms with Crippen LogP contribution in [0, 0.1) is 0 Å². The van der Waals surface area contributed by atoms with Crippen LogP contribution in [-0.4, -0.2) is 18.7 Å². The van der Waals surface area contributed by atoms with Crippen LogP contribution in [0.2, 0.25) is 5.22 Å². The van der Waals surface area contributed by atoms with Gasteiger partial charge in [-0.25, -0.2) is 0 Å². The van der Waals surface area contributed by atoms with Crippen molar-refractivity contribution in [3.63, 3.8) is 0 Å². The molecule has 10 heavy (non-hydrogen) atoms. The third kappa shape index (κ3) is 2.01. The first-order valence-electron chi connectivity index (χ1n) is 3.08. The van der Waals surface area contributed by atoms with Crippen molar-refractivity contribution in [1.82, 2.24) is 10.5 Å². The highest BCUT2D eigenvalue weighted by atomic mass is 35.5. The maximum absolute atomic E-state index is 5.49. The molecule has 1 aromatic rings. The van der Waals surface area contributed by atoms with Crippen LogP contribution in [0.1, 0.15) is 5.69 Å². The Morgan fingerprint density at radius 2 is 2.60 bits per heavy atom. The van der Waals surface area contributed by atoms with Crippen molar-refractivity contribution in [1.29, 1.82) is 0 Å². The third-order valence-electron chi connectivity index (χ3n) is 1.16. The SMILES string of the molecule is CNCCc1cc(Cl)on1. The molecule has 1 aromatic heterocycles. The van der Waals surface area contributed by atoms with Gasteiger partial charge in [-0.05, 0) is 18.6 Å². The number of aromatic nitrogens is 1. The molecule has 0 aliphatic carbocycles. The van der Waals surface area contributed by atoms with E-state index in [0.29, 0.717) is 5.22 Å². The number of likely N-dealkylation sites (N-methyl/N-ethyl adjacent to an activating group) is 1. The predicted octanol–water partition coefficient (Wildman–Crippen LogP) is 1.09. The average molecular weight is 161 g/mol. The second-order valence-corrected chi connectivity index (χ2v) is 2.35. The summed E-state index contributed by atoms with van der Waals surface area (Å²) in [5, 5.41) is 7.06. The first-order valence-corrected chi connectivity index (χ1v) is 3.46. The first-order chi connectivity index (χ1) is 4.83. The van der Waals surface area contributed by atoms with E-state index < -0.39 is 0 Å². The van der Waals surface area contributed by atoms with Crippen LogP contribution < -0.4 is 5.32 Å². The number of nitrogens with zero attached hydrogens (tertiary/aromatic N) is 1. The van der Waals surface area contributed by atoms with Gasteiger partial charge in [0.1, 0.15) is 0 Å². The van der Waals surface area contributed by atoms with E-state index in [4.69, 9.17) is 11.6 Å². The summed E-state index contributed by atoms with van der Waals surface area (Å²) in [6, 6.07) is 1.72. The lowest BCUT2D eigenvalue weighted by molar-refractivity contribution is 0.413. The van der Waals surface area contributed by atoms with Gasteiger partial charge in [-0.15, -0.1) is 0 Å². The van der Waals surface area contributed by atoms with E-state index in [0.717, 1.165) is 18.7 Å². The zero-order chi connectivity index (χ0) is 7.40. The quantitative estimate of drug-likeness (QED) is 0.720. The Morgan fingerprint density at radius 3 is 3.10 bits per heavy atom. The van der Waals surface area contributed by atoms with Gasteiger partial charge in [0.05, 0.1) is 5.69 Å². The molecule has 0 aromatic carbocycles. The summed E-state index contributed by atoms with van der Waals surface area (Å²) in [5.41, 5.74) is 0.888. The minimum Gasteiger partial charge on any atom is -0.344 e. The molecule has 0 atom stereocenters. The Morgan fingerprint density at radius 1 is 1.80 bits per heavy atom. The summed E-state index contributed by atoms with van der Waals surface area (Å²) in [4.78, 5) is 0. The van der Waals surface area contributed by atoms with Gasteiger partial charge in [0.2, 0.25) is 5.22 Å². The monoisotopic (exact) mass is 160 g/mol. The Hall–Kier alpha value is -0.540. The molecule has 0 unspecified atom stereocenters. The largest absolute Gasteiger partial charge is 0.344 e. The lowest BCUT2D eigenvalue weighted by Crippen LogP contribution is -2.10. The molecule has 0 aliphatic heterocycles. The molecular formula is C6H9ClN2O. The number of hydrogen-bond acceptors (Lipinski definition) is 3. The molecule has 0 saturated carbocycles. The van der Waals surface area contributed by atoms with Crippen LogP contribution in [0.5, 0.6) is 0 Å². The molecule has 0 aliphatic rings. The Kier molecular flexibility index (Phi) is 2.71. The molecule has 4 heteroatoms. The molecule has 1 rings (SSSR count). The van der Waals surface area contributed by atoms with E-state index in [1.807, 2.05) is 7.05 Å². The average Bonchev–Trinajstić information content (AvgIpc) is 2.31. The molecule has 56 valence electrons. The molecule has 0 bridgehead atoms. The molecular weight excluding hydrogens is 152 g/mol. The Labute approximate surface area is 64.3 Å². The van der Waals surface area contributed by atoms with Crippen molar-refractivity contribution in [2.45, 2.75) is 6.42 Å². The number of rotatable bonds is 3. The van der Waals surface area contributed by atoms with Gasteiger partial charge in [0.15, 0.2) is 0 Å². The van der Waals surface area contributed by atoms with E-state index in [-0.39, 0.29) is 0 Å². The van der Waals surface area contributed by atoms with Crippen molar-refractivity contribution in [2.75, 3.05) is 13.6 Å². The highest BCUT2D eigenvalue weighted by molar-refractivity contribution is 6.28. The fourth-order valence-corrected chi connectivity index (χ4v) is 0.817. The van der Waals surface area contributed by atoms with E-state index >= 15 is 0 Å². The summed E-state index contributed by atoms with van der Waals surface area (Å²) in [6.45, 7) is 0.892. The molecule has 0 radical (unpaired) electrons. The minimum absolute atomic E-state index is 0.353. The molecule has 1 N–H and O–H groups in total. The van der Waals surface area contributed by atoms with E-state index in [1.54, 1.807) is 6.07 Å². The van der Waals surface area contributed by atoms with Crippen LogP contribution >= 0.6 is 11.6 Å². The number of nitrogens with one attached hydrogen (secondary N) is 1. The zero-order valence-corrected chi connectivity index (χ0v) is 6.48. The topological polar surface area (TPSA) is 38.1 Å². The van der Waals surface area contributed by atoms with Crippen molar-refractivity contribution in [2.24, 2.45) is 0 Å². The van der Waals surface area contributed by atoms with Crippen molar-refractivity contribution in [3.05, 3.63) is 17.0 Å². The molecule has 1 heterocycles. The number of halogens is 1. The van der Waals surface area contributed by atoms with Gasteiger partial charge in [-0.2, -0.15) is 0 Å². The molecule has 3 nitrogen and oxygen atoms in total. The van der Waals surface area contributed by atoms with Gasteiger partial charge < -0.3 is 9.84 Å². The summed E-state index contributed by atoms with van der Waals surface area (Å²) < 4.78 is 4.65. The smallest absolute Gasteiger partial charge is 0.226 e. The van der Waals surface area contributed by atoms with E-state index in [1.165, 1.54) is 0 Å². The summed E-state index contributed by atoms with van der Waals surface area (Å²) in [5.74, 6) is 0. The fourth-order valence-electron chi connectivity index (χ4n) is 0.657. The van der Waals surface area contributed by atoms with Crippen molar-refractivity contribution in [3.8, 4) is 0 Å². The van der Waals surface area contributed by atoms with Crippen LogP contribution in [0.4, 0.5) is 0 Å². The lowest BCUT2D eigenvalue weighted by atomic mass is 10.3. The molecule has 0 fully saturated rings. The highest BCUT2D eigenvalue weighted by Gasteiger charge is 1.98. The first kappa shape index (κ1) is 7.57. The van der Waals surface area contributed by atoms with Crippen LogP contribution in [0.3, 0.4) is 0 Å². The summed E-state index contributed by atoms with van der Waals surface area (Å²) >= 11 is 5.49. The van der Waals surface area contributed by atoms with Gasteiger partial charge >= 0.3 is 0 Å². The zero-order valence-electron chi connectivity index (χ0n) is 5.72. The maximum atomic E-state index is 5.49. The van der Waals surface area contributed by atoms with Gasteiger partial charge in [0, 0.05) is 19.0 Å². The fraction of sp³-hybridized carbons (Fsp3) is 0.500. The minimum atomic E-state index is 0.353. The van der Waals surface area contributed by atoms with E-state index in [9.17, 15) is 0 Å². The van der Waals surface area contributed by atoms with Crippen LogP contribution in [0.25, 0.3) is 0 Å². The Bertz CT molecular complexity index is 199. The normalized spacial score (nSPS) is 10.2. The summed E-state index contributed by atoms with van der Waals surface area (Å²) in [6.07, 6.45) is 0.854. The molecule has 0 spiro atoms. The molecule has 0 saturated heterocycles. The standard InChI is InChI=1S/C6H9ClN2O/c1-8-3-2-5-4-6(7)10-9-5/h4,8H,2-3H2,1H3. The summed E-state index contributed by atoms with van der Waals surface area (Å²) in [7, 11) is 1.89. The van der Waals surface area contributed by atoms with Gasteiger partial charge in [-0.3, -0.25) is 0 Å². The van der Waals surface area contributed by atoms with Gasteiger partial charge in [0.25, 0.3) is 0 Å². The lowest BCUT2D eigenvalue weighted by Gasteiger charge is -1.90. The van der Waals surface area contributed by atoms with Crippen LogP contribution in [-0.2, 0) is 6.42 Å². The third-order valence-corrected chi connectivity index (χ3v) is 1.34.